The van der Waals surface area contributed by atoms with Crippen LogP contribution in [-0.4, -0.2) is 34.4 Å². The molecule has 1 aliphatic heterocycles. The molecule has 0 aliphatic carbocycles. The Morgan fingerprint density at radius 1 is 1.00 bits per heavy atom. The van der Waals surface area contributed by atoms with Gasteiger partial charge >= 0.3 is 6.09 Å². The number of carbonyl (C=O) groups excluding carboxylic acids is 2. The van der Waals surface area contributed by atoms with Crippen molar-refractivity contribution in [3.8, 4) is 11.1 Å². The lowest BCUT2D eigenvalue weighted by Crippen LogP contribution is -2.43. The molecule has 0 bridgehead atoms. The van der Waals surface area contributed by atoms with Gasteiger partial charge in [0.25, 0.3) is 5.69 Å². The number of nitrogens with zero attached hydrogens (tertiary/aromatic N) is 2. The second-order valence-corrected chi connectivity index (χ2v) is 7.77. The predicted octanol–water partition coefficient (Wildman–Crippen LogP) is 5.00. The number of ether oxygens (including phenoxy) is 1. The Morgan fingerprint density at radius 3 is 2.48 bits per heavy atom. The highest BCUT2D eigenvalue weighted by atomic mass is 16.6. The van der Waals surface area contributed by atoms with Gasteiger partial charge in [0.05, 0.1) is 4.92 Å². The van der Waals surface area contributed by atoms with E-state index >= 15 is 0 Å². The van der Waals surface area contributed by atoms with E-state index in [4.69, 9.17) is 4.74 Å². The second kappa shape index (κ2) is 9.95. The summed E-state index contributed by atoms with van der Waals surface area (Å²) < 4.78 is 5.40. The van der Waals surface area contributed by atoms with Gasteiger partial charge in [-0.2, -0.15) is 0 Å². The molecular formula is C25H23N3O5. The molecule has 4 rings (SSSR count). The number of non-ortho nitro benzene ring substituents is 1. The first kappa shape index (κ1) is 22.0. The first-order valence-electron chi connectivity index (χ1n) is 10.6. The topological polar surface area (TPSA) is 102 Å². The third-order valence-electron chi connectivity index (χ3n) is 5.52. The molecule has 0 radical (unpaired) electrons. The molecule has 0 spiro atoms. The van der Waals surface area contributed by atoms with Gasteiger partial charge in [-0.1, -0.05) is 54.6 Å². The highest BCUT2D eigenvalue weighted by Crippen LogP contribution is 2.27. The van der Waals surface area contributed by atoms with Gasteiger partial charge in [-0.3, -0.25) is 19.8 Å². The van der Waals surface area contributed by atoms with Crippen molar-refractivity contribution in [2.45, 2.75) is 25.5 Å². The van der Waals surface area contributed by atoms with Crippen molar-refractivity contribution >= 4 is 23.4 Å². The molecule has 1 N–H and O–H groups in total. The number of benzene rings is 3. The molecule has 0 aromatic heterocycles. The molecule has 3 aromatic rings. The van der Waals surface area contributed by atoms with Crippen molar-refractivity contribution in [2.24, 2.45) is 0 Å². The predicted molar refractivity (Wildman–Crippen MR) is 124 cm³/mol. The maximum Gasteiger partial charge on any atom is 0.410 e. The summed E-state index contributed by atoms with van der Waals surface area (Å²) in [5.41, 5.74) is 2.84. The number of nitro benzene ring substituents is 1. The van der Waals surface area contributed by atoms with Crippen LogP contribution < -0.4 is 5.32 Å². The quantitative estimate of drug-likeness (QED) is 0.425. The Balaban J connectivity index is 1.42. The van der Waals surface area contributed by atoms with Crippen molar-refractivity contribution in [1.82, 2.24) is 4.90 Å². The number of hydrogen-bond donors (Lipinski definition) is 1. The minimum atomic E-state index is -0.616. The fraction of sp³-hybridized carbons (Fsp3) is 0.200. The van der Waals surface area contributed by atoms with E-state index in [2.05, 4.69) is 5.32 Å². The third kappa shape index (κ3) is 5.35. The van der Waals surface area contributed by atoms with Crippen molar-refractivity contribution < 1.29 is 19.2 Å². The standard InChI is InChI=1S/C25H23N3O5/c29-24(23-13-6-14-27(23)25(30)33-17-18-7-2-1-3-8-18)26-21-11-4-9-19(15-21)20-10-5-12-22(16-20)28(31)32/h1-5,7-12,15-16,23H,6,13-14,17H2,(H,26,29). The smallest absolute Gasteiger partial charge is 0.410 e. The Hall–Kier alpha value is -4.20. The number of amides is 2. The van der Waals surface area contributed by atoms with Crippen molar-refractivity contribution in [1.29, 1.82) is 0 Å². The molecular weight excluding hydrogens is 422 g/mol. The number of anilines is 1. The van der Waals surface area contributed by atoms with Crippen LogP contribution in [0.2, 0.25) is 0 Å². The molecule has 3 aromatic carbocycles. The van der Waals surface area contributed by atoms with Gasteiger partial charge in [-0.25, -0.2) is 4.79 Å². The monoisotopic (exact) mass is 445 g/mol. The Morgan fingerprint density at radius 2 is 1.73 bits per heavy atom. The molecule has 1 aliphatic rings. The lowest BCUT2D eigenvalue weighted by Gasteiger charge is -2.23. The van der Waals surface area contributed by atoms with E-state index < -0.39 is 17.1 Å². The first-order valence-corrected chi connectivity index (χ1v) is 10.6. The number of likely N-dealkylation sites (tertiary alicyclic amines) is 1. The van der Waals surface area contributed by atoms with Crippen LogP contribution in [0.3, 0.4) is 0 Å². The van der Waals surface area contributed by atoms with E-state index in [1.807, 2.05) is 36.4 Å². The molecule has 1 heterocycles. The summed E-state index contributed by atoms with van der Waals surface area (Å²) in [6, 6.07) is 22.2. The summed E-state index contributed by atoms with van der Waals surface area (Å²) in [5, 5.41) is 13.9. The van der Waals surface area contributed by atoms with E-state index in [1.54, 1.807) is 30.3 Å². The lowest BCUT2D eigenvalue weighted by molar-refractivity contribution is -0.384. The fourth-order valence-corrected chi connectivity index (χ4v) is 3.86. The minimum absolute atomic E-state index is 0.00227. The Labute approximate surface area is 190 Å². The van der Waals surface area contributed by atoms with E-state index in [0.717, 1.165) is 11.1 Å². The molecule has 0 saturated carbocycles. The van der Waals surface area contributed by atoms with Crippen LogP contribution in [0.4, 0.5) is 16.2 Å². The van der Waals surface area contributed by atoms with Gasteiger partial charge in [0.2, 0.25) is 5.91 Å². The van der Waals surface area contributed by atoms with Crippen molar-refractivity contribution in [3.05, 3.63) is 94.5 Å². The SMILES string of the molecule is O=C(Nc1cccc(-c2cccc([N+](=O)[O-])c2)c1)C1CCCN1C(=O)OCc1ccccc1. The first-order chi connectivity index (χ1) is 16.0. The van der Waals surface area contributed by atoms with Gasteiger partial charge in [0.1, 0.15) is 12.6 Å². The van der Waals surface area contributed by atoms with Gasteiger partial charge in [-0.05, 0) is 41.7 Å². The van der Waals surface area contributed by atoms with E-state index in [-0.39, 0.29) is 18.2 Å². The maximum atomic E-state index is 12.9. The van der Waals surface area contributed by atoms with Crippen LogP contribution in [-0.2, 0) is 16.1 Å². The zero-order chi connectivity index (χ0) is 23.2. The fourth-order valence-electron chi connectivity index (χ4n) is 3.86. The second-order valence-electron chi connectivity index (χ2n) is 7.77. The number of nitro groups is 1. The minimum Gasteiger partial charge on any atom is -0.445 e. The van der Waals surface area contributed by atoms with Crippen LogP contribution in [0.25, 0.3) is 11.1 Å². The largest absolute Gasteiger partial charge is 0.445 e. The van der Waals surface area contributed by atoms with Crippen LogP contribution in [0.1, 0.15) is 18.4 Å². The summed E-state index contributed by atoms with van der Waals surface area (Å²) >= 11 is 0. The molecule has 8 heteroatoms. The van der Waals surface area contributed by atoms with Crippen LogP contribution >= 0.6 is 0 Å². The summed E-state index contributed by atoms with van der Waals surface area (Å²) in [5.74, 6) is -0.291. The van der Waals surface area contributed by atoms with E-state index in [1.165, 1.54) is 17.0 Å². The summed E-state index contributed by atoms with van der Waals surface area (Å²) in [6.07, 6.45) is 0.755. The molecule has 1 fully saturated rings. The van der Waals surface area contributed by atoms with Gasteiger partial charge in [0, 0.05) is 24.4 Å². The van der Waals surface area contributed by atoms with Crippen molar-refractivity contribution in [2.75, 3.05) is 11.9 Å². The molecule has 8 nitrogen and oxygen atoms in total. The average molecular weight is 445 g/mol. The van der Waals surface area contributed by atoms with Gasteiger partial charge < -0.3 is 10.1 Å². The summed E-state index contributed by atoms with van der Waals surface area (Å²) in [6.45, 7) is 0.606. The molecule has 1 atom stereocenters. The zero-order valence-electron chi connectivity index (χ0n) is 17.8. The van der Waals surface area contributed by atoms with Crippen molar-refractivity contribution in [3.63, 3.8) is 0 Å². The highest BCUT2D eigenvalue weighted by Gasteiger charge is 2.35. The van der Waals surface area contributed by atoms with E-state index in [0.29, 0.717) is 30.6 Å². The summed E-state index contributed by atoms with van der Waals surface area (Å²) in [4.78, 5) is 37.6. The average Bonchev–Trinajstić information content (AvgIpc) is 3.34. The molecule has 1 saturated heterocycles. The van der Waals surface area contributed by atoms with Gasteiger partial charge in [0.15, 0.2) is 0 Å². The summed E-state index contributed by atoms with van der Waals surface area (Å²) in [7, 11) is 0. The Bertz CT molecular complexity index is 1170. The highest BCUT2D eigenvalue weighted by molar-refractivity contribution is 5.97. The number of hydrogen-bond acceptors (Lipinski definition) is 5. The number of carbonyl (C=O) groups is 2. The molecule has 33 heavy (non-hydrogen) atoms. The normalized spacial score (nSPS) is 15.2. The molecule has 2 amide bonds. The zero-order valence-corrected chi connectivity index (χ0v) is 17.8. The molecule has 1 unspecified atom stereocenters. The van der Waals surface area contributed by atoms with Crippen LogP contribution in [0, 0.1) is 10.1 Å². The van der Waals surface area contributed by atoms with Gasteiger partial charge in [-0.15, -0.1) is 0 Å². The van der Waals surface area contributed by atoms with E-state index in [9.17, 15) is 19.7 Å². The third-order valence-corrected chi connectivity index (χ3v) is 5.52. The van der Waals surface area contributed by atoms with Crippen LogP contribution in [0.15, 0.2) is 78.9 Å². The molecule has 168 valence electrons. The maximum absolute atomic E-state index is 12.9. The van der Waals surface area contributed by atoms with Crippen LogP contribution in [0.5, 0.6) is 0 Å². The number of nitrogens with one attached hydrogen (secondary N) is 1. The Kier molecular flexibility index (Phi) is 6.64. The lowest BCUT2D eigenvalue weighted by atomic mass is 10.0. The number of rotatable bonds is 6.